The van der Waals surface area contributed by atoms with E-state index in [-0.39, 0.29) is 6.04 Å². The number of aromatic nitrogens is 1. The minimum Gasteiger partial charge on any atom is -0.357 e. The molecule has 1 atom stereocenters. The molecule has 112 valence electrons. The first-order chi connectivity index (χ1) is 10.6. The van der Waals surface area contributed by atoms with Gasteiger partial charge in [0.1, 0.15) is 0 Å². The van der Waals surface area contributed by atoms with Crippen LogP contribution in [0, 0.1) is 0 Å². The topological polar surface area (TPSA) is 27.8 Å². The minimum absolute atomic E-state index is 0.182. The van der Waals surface area contributed by atoms with E-state index in [4.69, 9.17) is 0 Å². The van der Waals surface area contributed by atoms with E-state index in [0.29, 0.717) is 0 Å². The second kappa shape index (κ2) is 5.78. The fraction of sp³-hybridized carbons (Fsp3) is 0.176. The summed E-state index contributed by atoms with van der Waals surface area (Å²) in [6.07, 6.45) is 1.05. The zero-order valence-electron chi connectivity index (χ0n) is 11.6. The predicted octanol–water partition coefficient (Wildman–Crippen LogP) is 5.69. The Bertz CT molecular complexity index is 870. The Labute approximate surface area is 154 Å². The lowest BCUT2D eigenvalue weighted by Crippen LogP contribution is -2.30. The van der Waals surface area contributed by atoms with E-state index in [1.165, 1.54) is 27.7 Å². The van der Waals surface area contributed by atoms with Gasteiger partial charge in [0.25, 0.3) is 0 Å². The molecule has 3 aromatic rings. The van der Waals surface area contributed by atoms with Gasteiger partial charge in [-0.05, 0) is 53.9 Å². The van der Waals surface area contributed by atoms with Crippen molar-refractivity contribution in [3.05, 3.63) is 66.6 Å². The number of aromatic amines is 1. The molecule has 0 spiro atoms. The van der Waals surface area contributed by atoms with Gasteiger partial charge in [-0.1, -0.05) is 47.8 Å². The molecular formula is C17H13Br3N2. The molecule has 22 heavy (non-hydrogen) atoms. The van der Waals surface area contributed by atoms with Crippen molar-refractivity contribution in [3.63, 3.8) is 0 Å². The zero-order chi connectivity index (χ0) is 15.3. The number of halogens is 3. The largest absolute Gasteiger partial charge is 0.357 e. The molecular weight excluding hydrogens is 472 g/mol. The summed E-state index contributed by atoms with van der Waals surface area (Å²) < 4.78 is 3.35. The molecule has 0 aliphatic carbocycles. The van der Waals surface area contributed by atoms with Crippen LogP contribution in [0.5, 0.6) is 0 Å². The predicted molar refractivity (Wildman–Crippen MR) is 101 cm³/mol. The standard InChI is InChI=1S/C17H13Br3N2/c18-9-1-3-14(20)13(8-9)16-17-11(5-6-21-16)12-7-10(19)2-4-15(12)22-17/h1-4,7-8,16,21-22H,5-6H2. The molecule has 4 rings (SSSR count). The van der Waals surface area contributed by atoms with Crippen molar-refractivity contribution in [1.82, 2.24) is 10.3 Å². The van der Waals surface area contributed by atoms with Crippen molar-refractivity contribution >= 4 is 58.7 Å². The van der Waals surface area contributed by atoms with E-state index in [9.17, 15) is 0 Å². The summed E-state index contributed by atoms with van der Waals surface area (Å²) in [6, 6.07) is 12.9. The fourth-order valence-corrected chi connectivity index (χ4v) is 4.42. The van der Waals surface area contributed by atoms with Gasteiger partial charge in [0.05, 0.1) is 6.04 Å². The Hall–Kier alpha value is -0.620. The Morgan fingerprint density at radius 3 is 2.59 bits per heavy atom. The fourth-order valence-electron chi connectivity index (χ4n) is 3.20. The molecule has 2 aromatic carbocycles. The molecule has 2 heterocycles. The summed E-state index contributed by atoms with van der Waals surface area (Å²) in [5, 5.41) is 4.96. The Morgan fingerprint density at radius 1 is 0.955 bits per heavy atom. The van der Waals surface area contributed by atoms with Crippen LogP contribution in [0.15, 0.2) is 49.8 Å². The normalized spacial score (nSPS) is 17.7. The van der Waals surface area contributed by atoms with Crippen molar-refractivity contribution in [2.24, 2.45) is 0 Å². The van der Waals surface area contributed by atoms with Gasteiger partial charge in [0.2, 0.25) is 0 Å². The van der Waals surface area contributed by atoms with Crippen LogP contribution in [0.1, 0.15) is 22.9 Å². The molecule has 2 N–H and O–H groups in total. The third-order valence-corrected chi connectivity index (χ3v) is 5.89. The third-order valence-electron chi connectivity index (χ3n) is 4.18. The van der Waals surface area contributed by atoms with E-state index in [0.717, 1.165) is 26.4 Å². The second-order valence-electron chi connectivity index (χ2n) is 5.51. The summed E-state index contributed by atoms with van der Waals surface area (Å²) in [5.41, 5.74) is 5.15. The SMILES string of the molecule is Brc1ccc(Br)c(C2NCCc3c2[nH]c2ccc(Br)cc32)c1. The van der Waals surface area contributed by atoms with E-state index in [2.05, 4.69) is 94.5 Å². The molecule has 1 aliphatic heterocycles. The summed E-state index contributed by atoms with van der Waals surface area (Å²) in [6.45, 7) is 0.982. The van der Waals surface area contributed by atoms with Gasteiger partial charge >= 0.3 is 0 Å². The number of nitrogens with one attached hydrogen (secondary N) is 2. The monoisotopic (exact) mass is 482 g/mol. The lowest BCUT2D eigenvalue weighted by atomic mass is 9.94. The average Bonchev–Trinajstić information content (AvgIpc) is 2.88. The van der Waals surface area contributed by atoms with E-state index >= 15 is 0 Å². The first-order valence-electron chi connectivity index (χ1n) is 7.12. The molecule has 0 radical (unpaired) electrons. The van der Waals surface area contributed by atoms with E-state index in [1.54, 1.807) is 0 Å². The van der Waals surface area contributed by atoms with Crippen LogP contribution in [-0.4, -0.2) is 11.5 Å². The second-order valence-corrected chi connectivity index (χ2v) is 8.20. The van der Waals surface area contributed by atoms with Crippen LogP contribution >= 0.6 is 47.8 Å². The van der Waals surface area contributed by atoms with E-state index < -0.39 is 0 Å². The highest BCUT2D eigenvalue weighted by Gasteiger charge is 2.26. The van der Waals surface area contributed by atoms with Crippen molar-refractivity contribution in [1.29, 1.82) is 0 Å². The first kappa shape index (κ1) is 14.9. The highest BCUT2D eigenvalue weighted by atomic mass is 79.9. The quantitative estimate of drug-likeness (QED) is 0.456. The van der Waals surface area contributed by atoms with Gasteiger partial charge in [-0.15, -0.1) is 0 Å². The molecule has 0 saturated heterocycles. The van der Waals surface area contributed by atoms with Crippen LogP contribution in [0.2, 0.25) is 0 Å². The summed E-state index contributed by atoms with van der Waals surface area (Å²) in [7, 11) is 0. The number of benzene rings is 2. The van der Waals surface area contributed by atoms with Crippen LogP contribution < -0.4 is 5.32 Å². The van der Waals surface area contributed by atoms with Gasteiger partial charge in [0, 0.05) is 36.6 Å². The summed E-state index contributed by atoms with van der Waals surface area (Å²) in [4.78, 5) is 3.62. The summed E-state index contributed by atoms with van der Waals surface area (Å²) >= 11 is 10.9. The van der Waals surface area contributed by atoms with Gasteiger partial charge in [-0.25, -0.2) is 0 Å². The molecule has 5 heteroatoms. The van der Waals surface area contributed by atoms with Crippen LogP contribution in [-0.2, 0) is 6.42 Å². The van der Waals surface area contributed by atoms with Gasteiger partial charge < -0.3 is 10.3 Å². The molecule has 0 saturated carbocycles. The number of hydrogen-bond acceptors (Lipinski definition) is 1. The maximum Gasteiger partial charge on any atom is 0.0743 e. The minimum atomic E-state index is 0.182. The van der Waals surface area contributed by atoms with Gasteiger partial charge in [-0.2, -0.15) is 0 Å². The molecule has 1 aromatic heterocycles. The van der Waals surface area contributed by atoms with Gasteiger partial charge in [0.15, 0.2) is 0 Å². The Morgan fingerprint density at radius 2 is 1.73 bits per heavy atom. The maximum atomic E-state index is 3.69. The number of H-pyrrole nitrogens is 1. The molecule has 2 nitrogen and oxygen atoms in total. The number of hydrogen-bond donors (Lipinski definition) is 2. The van der Waals surface area contributed by atoms with Gasteiger partial charge in [-0.3, -0.25) is 0 Å². The lowest BCUT2D eigenvalue weighted by molar-refractivity contribution is 0.558. The van der Waals surface area contributed by atoms with Crippen molar-refractivity contribution in [2.75, 3.05) is 6.54 Å². The lowest BCUT2D eigenvalue weighted by Gasteiger charge is -2.26. The van der Waals surface area contributed by atoms with Crippen LogP contribution in [0.4, 0.5) is 0 Å². The zero-order valence-corrected chi connectivity index (χ0v) is 16.3. The smallest absolute Gasteiger partial charge is 0.0743 e. The molecule has 0 bridgehead atoms. The Balaban J connectivity index is 1.92. The maximum absolute atomic E-state index is 3.69. The summed E-state index contributed by atoms with van der Waals surface area (Å²) in [5.74, 6) is 0. The Kier molecular flexibility index (Phi) is 3.93. The van der Waals surface area contributed by atoms with Crippen molar-refractivity contribution < 1.29 is 0 Å². The molecule has 0 fully saturated rings. The number of fused-ring (bicyclic) bond motifs is 3. The molecule has 0 amide bonds. The van der Waals surface area contributed by atoms with Crippen LogP contribution in [0.25, 0.3) is 10.9 Å². The first-order valence-corrected chi connectivity index (χ1v) is 9.50. The molecule has 1 unspecified atom stereocenters. The van der Waals surface area contributed by atoms with Crippen molar-refractivity contribution in [3.8, 4) is 0 Å². The van der Waals surface area contributed by atoms with Crippen LogP contribution in [0.3, 0.4) is 0 Å². The highest BCUT2D eigenvalue weighted by Crippen LogP contribution is 2.37. The molecule has 1 aliphatic rings. The van der Waals surface area contributed by atoms with Crippen molar-refractivity contribution in [2.45, 2.75) is 12.5 Å². The van der Waals surface area contributed by atoms with E-state index in [1.807, 2.05) is 0 Å². The highest BCUT2D eigenvalue weighted by molar-refractivity contribution is 9.11. The number of rotatable bonds is 1. The third kappa shape index (κ3) is 2.48. The average molecular weight is 485 g/mol.